The number of piperidine rings is 1. The maximum absolute atomic E-state index is 10.7. The molecule has 1 aliphatic heterocycles. The van der Waals surface area contributed by atoms with Crippen LogP contribution in [0, 0.1) is 5.92 Å². The van der Waals surface area contributed by atoms with Gasteiger partial charge in [-0.05, 0) is 43.0 Å². The number of ether oxygens (including phenoxy) is 1. The summed E-state index contributed by atoms with van der Waals surface area (Å²) in [6.07, 6.45) is 3.89. The van der Waals surface area contributed by atoms with Crippen molar-refractivity contribution in [2.45, 2.75) is 25.8 Å². The van der Waals surface area contributed by atoms with Crippen LogP contribution in [0.15, 0.2) is 30.6 Å². The minimum atomic E-state index is -0.0219. The van der Waals surface area contributed by atoms with Gasteiger partial charge in [0.15, 0.2) is 0 Å². The molecule has 3 heterocycles. The minimum absolute atomic E-state index is 0.0219. The lowest BCUT2D eigenvalue weighted by Crippen LogP contribution is -2.37. The molecule has 0 amide bonds. The van der Waals surface area contributed by atoms with Gasteiger partial charge in [0.1, 0.15) is 12.1 Å². The van der Waals surface area contributed by atoms with Crippen LogP contribution < -0.4 is 4.74 Å². The van der Waals surface area contributed by atoms with E-state index in [9.17, 15) is 5.11 Å². The smallest absolute Gasteiger partial charge is 0.230 e. The zero-order valence-corrected chi connectivity index (χ0v) is 15.2. The third-order valence-electron chi connectivity index (χ3n) is 4.85. The summed E-state index contributed by atoms with van der Waals surface area (Å²) < 4.78 is 6.93. The number of thiazole rings is 1. The van der Waals surface area contributed by atoms with Crippen molar-refractivity contribution in [1.82, 2.24) is 19.5 Å². The van der Waals surface area contributed by atoms with E-state index < -0.39 is 0 Å². The Morgan fingerprint density at radius 2 is 2.28 bits per heavy atom. The number of aromatic nitrogens is 3. The zero-order valence-electron chi connectivity index (χ0n) is 14.4. The molecule has 0 unspecified atom stereocenters. The summed E-state index contributed by atoms with van der Waals surface area (Å²) in [5.41, 5.74) is 1.12. The standard InChI is InChI=1S/C18H22N4O2S/c1-12-5-4-8-21(10-12)15(13-6-3-7-14(9-13)24-2)16-17(23)22-18(25-16)19-11-20-22/h3,6-7,9,11-12,15,23H,4-5,8,10H2,1-2H3/t12-,15-/m0/s1. The third-order valence-corrected chi connectivity index (χ3v) is 5.94. The van der Waals surface area contributed by atoms with Gasteiger partial charge in [-0.2, -0.15) is 9.61 Å². The van der Waals surface area contributed by atoms with E-state index in [2.05, 4.69) is 34.0 Å². The molecule has 1 aromatic carbocycles. The van der Waals surface area contributed by atoms with Gasteiger partial charge in [-0.3, -0.25) is 4.90 Å². The SMILES string of the molecule is COc1cccc([C@@H](c2sc3ncnn3c2O)N2CCC[C@H](C)C2)c1. The number of methoxy groups -OCH3 is 1. The molecule has 25 heavy (non-hydrogen) atoms. The number of likely N-dealkylation sites (tertiary alicyclic amines) is 1. The van der Waals surface area contributed by atoms with E-state index in [1.54, 1.807) is 7.11 Å². The van der Waals surface area contributed by atoms with Crippen molar-refractivity contribution in [2.75, 3.05) is 20.2 Å². The van der Waals surface area contributed by atoms with E-state index in [0.717, 1.165) is 29.3 Å². The predicted molar refractivity (Wildman–Crippen MR) is 97.3 cm³/mol. The Bertz CT molecular complexity index is 875. The summed E-state index contributed by atoms with van der Waals surface area (Å²) >= 11 is 1.50. The molecule has 0 saturated carbocycles. The maximum Gasteiger partial charge on any atom is 0.230 e. The second kappa shape index (κ2) is 6.65. The minimum Gasteiger partial charge on any atom is -0.497 e. The van der Waals surface area contributed by atoms with Crippen LogP contribution in [-0.4, -0.2) is 44.8 Å². The molecule has 4 rings (SSSR count). The number of aromatic hydroxyl groups is 1. The lowest BCUT2D eigenvalue weighted by atomic mass is 9.95. The molecule has 0 spiro atoms. The Morgan fingerprint density at radius 3 is 3.04 bits per heavy atom. The van der Waals surface area contributed by atoms with Crippen LogP contribution in [0.1, 0.15) is 36.2 Å². The molecular weight excluding hydrogens is 336 g/mol. The third kappa shape index (κ3) is 2.98. The van der Waals surface area contributed by atoms with Crippen LogP contribution >= 0.6 is 11.3 Å². The van der Waals surface area contributed by atoms with Crippen molar-refractivity contribution < 1.29 is 9.84 Å². The molecule has 132 valence electrons. The van der Waals surface area contributed by atoms with Gasteiger partial charge in [0.2, 0.25) is 10.8 Å². The summed E-state index contributed by atoms with van der Waals surface area (Å²) in [6, 6.07) is 8.08. The summed E-state index contributed by atoms with van der Waals surface area (Å²) in [7, 11) is 1.68. The van der Waals surface area contributed by atoms with Crippen molar-refractivity contribution >= 4 is 16.3 Å². The highest BCUT2D eigenvalue weighted by atomic mass is 32.1. The fraction of sp³-hybridized carbons (Fsp3) is 0.444. The van der Waals surface area contributed by atoms with Crippen molar-refractivity contribution in [3.05, 3.63) is 41.0 Å². The van der Waals surface area contributed by atoms with E-state index in [0.29, 0.717) is 10.9 Å². The number of nitrogens with zero attached hydrogens (tertiary/aromatic N) is 4. The van der Waals surface area contributed by atoms with Gasteiger partial charge < -0.3 is 9.84 Å². The van der Waals surface area contributed by atoms with Gasteiger partial charge in [0, 0.05) is 6.54 Å². The fourth-order valence-corrected chi connectivity index (χ4v) is 4.76. The van der Waals surface area contributed by atoms with Gasteiger partial charge in [0.05, 0.1) is 18.0 Å². The van der Waals surface area contributed by atoms with Gasteiger partial charge in [0.25, 0.3) is 0 Å². The Morgan fingerprint density at radius 1 is 1.40 bits per heavy atom. The quantitative estimate of drug-likeness (QED) is 0.775. The zero-order chi connectivity index (χ0) is 17.4. The first-order valence-corrected chi connectivity index (χ1v) is 9.38. The molecule has 1 aliphatic rings. The van der Waals surface area contributed by atoms with Crippen LogP contribution in [0.4, 0.5) is 0 Å². The first-order valence-electron chi connectivity index (χ1n) is 8.56. The Hall–Kier alpha value is -2.12. The van der Waals surface area contributed by atoms with Gasteiger partial charge in [-0.15, -0.1) is 0 Å². The molecule has 3 aromatic rings. The number of hydrogen-bond acceptors (Lipinski definition) is 6. The number of benzene rings is 1. The lowest BCUT2D eigenvalue weighted by Gasteiger charge is -2.37. The van der Waals surface area contributed by atoms with Crippen molar-refractivity contribution in [3.63, 3.8) is 0 Å². The molecule has 0 bridgehead atoms. The molecular formula is C18H22N4O2S. The molecule has 0 aliphatic carbocycles. The van der Waals surface area contributed by atoms with Crippen LogP contribution in [-0.2, 0) is 0 Å². The lowest BCUT2D eigenvalue weighted by molar-refractivity contribution is 0.149. The highest BCUT2D eigenvalue weighted by molar-refractivity contribution is 7.17. The Balaban J connectivity index is 1.82. The molecule has 2 aromatic heterocycles. The number of rotatable bonds is 4. The summed E-state index contributed by atoms with van der Waals surface area (Å²) in [5, 5.41) is 14.9. The Labute approximate surface area is 150 Å². The van der Waals surface area contributed by atoms with Gasteiger partial charge >= 0.3 is 0 Å². The van der Waals surface area contributed by atoms with E-state index in [1.807, 2.05) is 12.1 Å². The van der Waals surface area contributed by atoms with E-state index in [1.165, 1.54) is 35.0 Å². The fourth-order valence-electron chi connectivity index (χ4n) is 3.67. The Kier molecular flexibility index (Phi) is 4.35. The summed E-state index contributed by atoms with van der Waals surface area (Å²) in [4.78, 5) is 8.29. The highest BCUT2D eigenvalue weighted by Crippen LogP contribution is 2.41. The van der Waals surface area contributed by atoms with Crippen molar-refractivity contribution in [3.8, 4) is 11.6 Å². The molecule has 1 fully saturated rings. The molecule has 0 radical (unpaired) electrons. The molecule has 2 atom stereocenters. The first kappa shape index (κ1) is 16.4. The maximum atomic E-state index is 10.7. The van der Waals surface area contributed by atoms with E-state index in [4.69, 9.17) is 4.74 Å². The monoisotopic (exact) mass is 358 g/mol. The van der Waals surface area contributed by atoms with Crippen molar-refractivity contribution in [1.29, 1.82) is 0 Å². The predicted octanol–water partition coefficient (Wildman–Crippen LogP) is 3.33. The first-order chi connectivity index (χ1) is 12.2. The number of hydrogen-bond donors (Lipinski definition) is 1. The van der Waals surface area contributed by atoms with Gasteiger partial charge in [-0.1, -0.05) is 30.4 Å². The van der Waals surface area contributed by atoms with Crippen LogP contribution in [0.25, 0.3) is 4.96 Å². The van der Waals surface area contributed by atoms with Crippen LogP contribution in [0.5, 0.6) is 11.6 Å². The molecule has 6 nitrogen and oxygen atoms in total. The molecule has 1 N–H and O–H groups in total. The van der Waals surface area contributed by atoms with Crippen molar-refractivity contribution in [2.24, 2.45) is 5.92 Å². The largest absolute Gasteiger partial charge is 0.497 e. The highest BCUT2D eigenvalue weighted by Gasteiger charge is 2.31. The molecule has 7 heteroatoms. The summed E-state index contributed by atoms with van der Waals surface area (Å²) in [6.45, 7) is 4.31. The summed E-state index contributed by atoms with van der Waals surface area (Å²) in [5.74, 6) is 1.65. The second-order valence-corrected chi connectivity index (χ2v) is 7.67. The van der Waals surface area contributed by atoms with Crippen LogP contribution in [0.3, 0.4) is 0 Å². The molecule has 1 saturated heterocycles. The second-order valence-electron chi connectivity index (χ2n) is 6.67. The average molecular weight is 358 g/mol. The van der Waals surface area contributed by atoms with Gasteiger partial charge in [-0.25, -0.2) is 4.98 Å². The normalized spacial score (nSPS) is 20.0. The van der Waals surface area contributed by atoms with E-state index >= 15 is 0 Å². The average Bonchev–Trinajstić information content (AvgIpc) is 3.19. The topological polar surface area (TPSA) is 62.9 Å². The number of fused-ring (bicyclic) bond motifs is 1. The van der Waals surface area contributed by atoms with E-state index in [-0.39, 0.29) is 11.9 Å². The van der Waals surface area contributed by atoms with Crippen LogP contribution in [0.2, 0.25) is 0 Å².